The Balaban J connectivity index is 2.02. The molecular weight excluding hydrogens is 321 g/mol. The van der Waals surface area contributed by atoms with Crippen LogP contribution in [0.25, 0.3) is 0 Å². The van der Waals surface area contributed by atoms with Crippen molar-refractivity contribution < 1.29 is 22.3 Å². The minimum atomic E-state index is -3.80. The lowest BCUT2D eigenvalue weighted by atomic mass is 10.0. The van der Waals surface area contributed by atoms with Crippen LogP contribution < -0.4 is 0 Å². The molecule has 7 heteroatoms. The first-order valence-electron chi connectivity index (χ1n) is 7.31. The molecular formula is C16H18FNO4S. The molecule has 3 rings (SSSR count). The van der Waals surface area contributed by atoms with E-state index in [1.54, 1.807) is 26.0 Å². The Labute approximate surface area is 134 Å². The summed E-state index contributed by atoms with van der Waals surface area (Å²) in [5, 5.41) is 9.97. The van der Waals surface area contributed by atoms with Gasteiger partial charge in [-0.2, -0.15) is 4.31 Å². The Morgan fingerprint density at radius 1 is 1.26 bits per heavy atom. The van der Waals surface area contributed by atoms with Crippen LogP contribution >= 0.6 is 0 Å². The van der Waals surface area contributed by atoms with Crippen LogP contribution in [-0.4, -0.2) is 30.5 Å². The maximum absolute atomic E-state index is 13.1. The topological polar surface area (TPSA) is 70.8 Å². The van der Waals surface area contributed by atoms with Crippen molar-refractivity contribution in [1.82, 2.24) is 4.31 Å². The van der Waals surface area contributed by atoms with E-state index < -0.39 is 22.2 Å². The zero-order valence-corrected chi connectivity index (χ0v) is 13.7. The van der Waals surface area contributed by atoms with Crippen molar-refractivity contribution >= 4 is 10.0 Å². The van der Waals surface area contributed by atoms with Gasteiger partial charge in [0.15, 0.2) is 0 Å². The summed E-state index contributed by atoms with van der Waals surface area (Å²) >= 11 is 0. The zero-order chi connectivity index (χ0) is 16.8. The molecule has 2 heterocycles. The highest BCUT2D eigenvalue weighted by Crippen LogP contribution is 2.38. The molecule has 2 aromatic rings. The minimum Gasteiger partial charge on any atom is -0.465 e. The van der Waals surface area contributed by atoms with Crippen LogP contribution in [0.3, 0.4) is 0 Å². The Kier molecular flexibility index (Phi) is 4.03. The number of aliphatic hydroxyl groups is 1. The molecule has 0 saturated carbocycles. The van der Waals surface area contributed by atoms with Gasteiger partial charge in [-0.15, -0.1) is 0 Å². The summed E-state index contributed by atoms with van der Waals surface area (Å²) in [6.07, 6.45) is -0.478. The van der Waals surface area contributed by atoms with Crippen LogP contribution in [0.2, 0.25) is 0 Å². The number of hydrogen-bond acceptors (Lipinski definition) is 4. The van der Waals surface area contributed by atoms with E-state index >= 15 is 0 Å². The summed E-state index contributed by atoms with van der Waals surface area (Å²) < 4.78 is 45.6. The van der Waals surface area contributed by atoms with E-state index in [2.05, 4.69) is 0 Å². The van der Waals surface area contributed by atoms with Crippen molar-refractivity contribution in [2.24, 2.45) is 0 Å². The fraction of sp³-hybridized carbons (Fsp3) is 0.375. The smallest absolute Gasteiger partial charge is 0.247 e. The molecule has 1 saturated heterocycles. The number of aryl methyl sites for hydroxylation is 2. The normalized spacial score (nSPS) is 22.6. The predicted molar refractivity (Wildman–Crippen MR) is 81.8 cm³/mol. The number of furan rings is 1. The molecule has 1 N–H and O–H groups in total. The van der Waals surface area contributed by atoms with Crippen LogP contribution in [0.5, 0.6) is 0 Å². The molecule has 1 aliphatic rings. The van der Waals surface area contributed by atoms with E-state index in [0.717, 1.165) is 0 Å². The van der Waals surface area contributed by atoms with E-state index in [4.69, 9.17) is 4.42 Å². The Hall–Kier alpha value is -1.70. The number of hydrogen-bond donors (Lipinski definition) is 1. The standard InChI is InChI=1S/C16H18FNO4S/c1-10-7-16(11(2)22-10)23(20,21)18-9-14(19)8-15(18)12-3-5-13(17)6-4-12/h3-7,14-15,19H,8-9H2,1-2H3/t14-,15-/m1/s1. The summed E-state index contributed by atoms with van der Waals surface area (Å²) in [6, 6.07) is 6.64. The van der Waals surface area contributed by atoms with Gasteiger partial charge in [-0.05, 0) is 44.0 Å². The van der Waals surface area contributed by atoms with Gasteiger partial charge in [0.05, 0.1) is 12.1 Å². The van der Waals surface area contributed by atoms with Gasteiger partial charge in [-0.1, -0.05) is 12.1 Å². The van der Waals surface area contributed by atoms with Crippen LogP contribution in [0.15, 0.2) is 39.6 Å². The van der Waals surface area contributed by atoms with Crippen LogP contribution in [-0.2, 0) is 10.0 Å². The number of aliphatic hydroxyl groups excluding tert-OH is 1. The maximum atomic E-state index is 13.1. The van der Waals surface area contributed by atoms with Gasteiger partial charge in [-0.25, -0.2) is 12.8 Å². The Morgan fingerprint density at radius 3 is 2.48 bits per heavy atom. The molecule has 0 bridgehead atoms. The number of sulfonamides is 1. The minimum absolute atomic E-state index is 0.00798. The lowest BCUT2D eigenvalue weighted by Gasteiger charge is -2.23. The zero-order valence-electron chi connectivity index (χ0n) is 12.9. The summed E-state index contributed by atoms with van der Waals surface area (Å²) in [7, 11) is -3.80. The van der Waals surface area contributed by atoms with Crippen LogP contribution in [0, 0.1) is 19.7 Å². The second-order valence-corrected chi connectivity index (χ2v) is 7.67. The molecule has 1 fully saturated rings. The molecule has 0 amide bonds. The second-order valence-electron chi connectivity index (χ2n) is 5.81. The van der Waals surface area contributed by atoms with E-state index in [-0.39, 0.29) is 23.7 Å². The fourth-order valence-corrected chi connectivity index (χ4v) is 4.91. The fourth-order valence-electron chi connectivity index (χ4n) is 3.03. The van der Waals surface area contributed by atoms with E-state index in [1.165, 1.54) is 22.5 Å². The van der Waals surface area contributed by atoms with Crippen molar-refractivity contribution in [3.05, 3.63) is 53.2 Å². The predicted octanol–water partition coefficient (Wildman–Crippen LogP) is 2.53. The highest BCUT2D eigenvalue weighted by molar-refractivity contribution is 7.89. The first-order valence-corrected chi connectivity index (χ1v) is 8.75. The lowest BCUT2D eigenvalue weighted by molar-refractivity contribution is 0.188. The largest absolute Gasteiger partial charge is 0.465 e. The third-order valence-corrected chi connectivity index (χ3v) is 6.05. The number of rotatable bonds is 3. The first kappa shape index (κ1) is 16.2. The first-order chi connectivity index (χ1) is 10.8. The number of nitrogens with zero attached hydrogens (tertiary/aromatic N) is 1. The maximum Gasteiger partial charge on any atom is 0.247 e. The average Bonchev–Trinajstić information content (AvgIpc) is 3.03. The van der Waals surface area contributed by atoms with Gasteiger partial charge in [0.2, 0.25) is 10.0 Å². The van der Waals surface area contributed by atoms with Crippen molar-refractivity contribution in [3.8, 4) is 0 Å². The summed E-state index contributed by atoms with van der Waals surface area (Å²) in [5.41, 5.74) is 0.657. The molecule has 0 spiro atoms. The quantitative estimate of drug-likeness (QED) is 0.933. The van der Waals surface area contributed by atoms with Gasteiger partial charge >= 0.3 is 0 Å². The molecule has 0 aliphatic carbocycles. The van der Waals surface area contributed by atoms with Crippen molar-refractivity contribution in [2.75, 3.05) is 6.54 Å². The van der Waals surface area contributed by atoms with Crippen molar-refractivity contribution in [2.45, 2.75) is 37.3 Å². The highest BCUT2D eigenvalue weighted by Gasteiger charge is 2.41. The molecule has 1 aromatic heterocycles. The summed E-state index contributed by atoms with van der Waals surface area (Å²) in [5.74, 6) is 0.448. The van der Waals surface area contributed by atoms with Gasteiger partial charge in [0.1, 0.15) is 22.2 Å². The third kappa shape index (κ3) is 2.91. The lowest BCUT2D eigenvalue weighted by Crippen LogP contribution is -2.32. The van der Waals surface area contributed by atoms with Gasteiger partial charge in [0, 0.05) is 6.54 Å². The molecule has 0 radical (unpaired) electrons. The summed E-state index contributed by atoms with van der Waals surface area (Å²) in [6.45, 7) is 3.29. The third-order valence-electron chi connectivity index (χ3n) is 4.07. The van der Waals surface area contributed by atoms with Crippen LogP contribution in [0.4, 0.5) is 4.39 Å². The van der Waals surface area contributed by atoms with E-state index in [9.17, 15) is 17.9 Å². The number of halogens is 1. The SMILES string of the molecule is Cc1cc(S(=O)(=O)N2C[C@H](O)C[C@@H]2c2ccc(F)cc2)c(C)o1. The van der Waals surface area contributed by atoms with Crippen molar-refractivity contribution in [3.63, 3.8) is 0 Å². The molecule has 124 valence electrons. The van der Waals surface area contributed by atoms with Crippen LogP contribution in [0.1, 0.15) is 29.5 Å². The number of β-amino-alcohol motifs (C(OH)–C–C–N with tert-alkyl or cyclic N) is 1. The van der Waals surface area contributed by atoms with E-state index in [0.29, 0.717) is 17.1 Å². The molecule has 23 heavy (non-hydrogen) atoms. The monoisotopic (exact) mass is 339 g/mol. The van der Waals surface area contributed by atoms with Gasteiger partial charge in [-0.3, -0.25) is 0 Å². The second kappa shape index (κ2) is 5.74. The average molecular weight is 339 g/mol. The molecule has 2 atom stereocenters. The Morgan fingerprint density at radius 2 is 1.91 bits per heavy atom. The molecule has 1 aromatic carbocycles. The molecule has 5 nitrogen and oxygen atoms in total. The highest BCUT2D eigenvalue weighted by atomic mass is 32.2. The Bertz CT molecular complexity index is 813. The summed E-state index contributed by atoms with van der Waals surface area (Å²) in [4.78, 5) is 0.108. The molecule has 0 unspecified atom stereocenters. The van der Waals surface area contributed by atoms with Gasteiger partial charge in [0.25, 0.3) is 0 Å². The van der Waals surface area contributed by atoms with E-state index in [1.807, 2.05) is 0 Å². The van der Waals surface area contributed by atoms with Gasteiger partial charge < -0.3 is 9.52 Å². The number of benzene rings is 1. The molecule has 1 aliphatic heterocycles. The van der Waals surface area contributed by atoms with Crippen molar-refractivity contribution in [1.29, 1.82) is 0 Å².